The molecule has 0 bridgehead atoms. The highest BCUT2D eigenvalue weighted by atomic mass is 32.1. The van der Waals surface area contributed by atoms with E-state index in [1.807, 2.05) is 0 Å². The molecule has 2 N–H and O–H groups in total. The topological polar surface area (TPSA) is 84.3 Å². The minimum Gasteiger partial charge on any atom is -0.327 e. The first-order chi connectivity index (χ1) is 9.11. The Morgan fingerprint density at radius 2 is 1.95 bits per heavy atom. The Hall–Kier alpha value is -2.02. The van der Waals surface area contributed by atoms with E-state index in [1.54, 1.807) is 39.8 Å². The van der Waals surface area contributed by atoms with Crippen molar-refractivity contribution in [1.29, 1.82) is 0 Å². The molecular weight excluding hydrogens is 278 g/mol. The lowest BCUT2D eigenvalue weighted by atomic mass is 9.96. The highest BCUT2D eigenvalue weighted by Gasteiger charge is 2.23. The lowest BCUT2D eigenvalue weighted by Crippen LogP contribution is -2.41. The standard InChI is InChI=1S/C13H17N3O3S/c1-8-5-6-9(10(7-8)16(18)19)14-12(20)15-11(17)13(2,3)4/h5-7H,1-4H3,(H2,14,15,17,20). The Morgan fingerprint density at radius 3 is 2.45 bits per heavy atom. The van der Waals surface area contributed by atoms with Gasteiger partial charge in [0.1, 0.15) is 5.69 Å². The van der Waals surface area contributed by atoms with Gasteiger partial charge in [-0.25, -0.2) is 0 Å². The van der Waals surface area contributed by atoms with E-state index < -0.39 is 10.3 Å². The summed E-state index contributed by atoms with van der Waals surface area (Å²) < 4.78 is 0. The van der Waals surface area contributed by atoms with Gasteiger partial charge in [0, 0.05) is 11.5 Å². The number of carbonyl (C=O) groups is 1. The molecule has 0 aliphatic rings. The Bertz CT molecular complexity index is 564. The van der Waals surface area contributed by atoms with Gasteiger partial charge in [-0.15, -0.1) is 0 Å². The Balaban J connectivity index is 2.87. The minimum atomic E-state index is -0.592. The van der Waals surface area contributed by atoms with Crippen LogP contribution in [-0.2, 0) is 4.79 Å². The third-order valence-corrected chi connectivity index (χ3v) is 2.71. The lowest BCUT2D eigenvalue weighted by Gasteiger charge is -2.18. The summed E-state index contributed by atoms with van der Waals surface area (Å²) in [6.45, 7) is 7.01. The Morgan fingerprint density at radius 1 is 1.35 bits per heavy atom. The van der Waals surface area contributed by atoms with Crippen molar-refractivity contribution in [2.75, 3.05) is 5.32 Å². The second kappa shape index (κ2) is 5.96. The van der Waals surface area contributed by atoms with E-state index in [-0.39, 0.29) is 22.4 Å². The molecule has 0 heterocycles. The van der Waals surface area contributed by atoms with E-state index in [0.29, 0.717) is 0 Å². The number of nitrogens with zero attached hydrogens (tertiary/aromatic N) is 1. The van der Waals surface area contributed by atoms with E-state index >= 15 is 0 Å². The monoisotopic (exact) mass is 295 g/mol. The van der Waals surface area contributed by atoms with Crippen molar-refractivity contribution in [1.82, 2.24) is 5.32 Å². The Labute approximate surface area is 122 Å². The molecule has 6 nitrogen and oxygen atoms in total. The number of nitrogens with one attached hydrogen (secondary N) is 2. The zero-order valence-corrected chi connectivity index (χ0v) is 12.6. The first-order valence-corrected chi connectivity index (χ1v) is 6.39. The minimum absolute atomic E-state index is 0.0388. The maximum atomic E-state index is 11.8. The number of nitro benzene ring substituents is 1. The van der Waals surface area contributed by atoms with Gasteiger partial charge in [-0.05, 0) is 30.8 Å². The van der Waals surface area contributed by atoms with Crippen LogP contribution in [-0.4, -0.2) is 15.9 Å². The van der Waals surface area contributed by atoms with Crippen LogP contribution >= 0.6 is 12.2 Å². The first-order valence-electron chi connectivity index (χ1n) is 5.99. The molecule has 1 aromatic rings. The van der Waals surface area contributed by atoms with E-state index in [1.165, 1.54) is 6.07 Å². The van der Waals surface area contributed by atoms with Crippen LogP contribution in [0, 0.1) is 22.5 Å². The highest BCUT2D eigenvalue weighted by molar-refractivity contribution is 7.80. The fraction of sp³-hybridized carbons (Fsp3) is 0.385. The van der Waals surface area contributed by atoms with Crippen molar-refractivity contribution < 1.29 is 9.72 Å². The van der Waals surface area contributed by atoms with Crippen molar-refractivity contribution in [3.63, 3.8) is 0 Å². The van der Waals surface area contributed by atoms with E-state index in [9.17, 15) is 14.9 Å². The number of benzene rings is 1. The number of aryl methyl sites for hydroxylation is 1. The second-order valence-corrected chi connectivity index (χ2v) is 5.84. The van der Waals surface area contributed by atoms with Crippen molar-refractivity contribution in [3.8, 4) is 0 Å². The van der Waals surface area contributed by atoms with Crippen LogP contribution in [0.5, 0.6) is 0 Å². The van der Waals surface area contributed by atoms with Crippen LogP contribution in [0.4, 0.5) is 11.4 Å². The fourth-order valence-corrected chi connectivity index (χ4v) is 1.55. The SMILES string of the molecule is Cc1ccc(NC(=S)NC(=O)C(C)(C)C)c([N+](=O)[O-])c1. The van der Waals surface area contributed by atoms with Gasteiger partial charge in [0.15, 0.2) is 5.11 Å². The fourth-order valence-electron chi connectivity index (χ4n) is 1.34. The van der Waals surface area contributed by atoms with Crippen LogP contribution < -0.4 is 10.6 Å². The van der Waals surface area contributed by atoms with Gasteiger partial charge < -0.3 is 10.6 Å². The summed E-state index contributed by atoms with van der Waals surface area (Å²) in [6, 6.07) is 4.73. The van der Waals surface area contributed by atoms with Gasteiger partial charge in [-0.1, -0.05) is 26.8 Å². The zero-order chi connectivity index (χ0) is 15.5. The van der Waals surface area contributed by atoms with Crippen molar-refractivity contribution >= 4 is 34.6 Å². The van der Waals surface area contributed by atoms with E-state index in [2.05, 4.69) is 10.6 Å². The van der Waals surface area contributed by atoms with Crippen molar-refractivity contribution in [3.05, 3.63) is 33.9 Å². The van der Waals surface area contributed by atoms with Gasteiger partial charge in [-0.3, -0.25) is 14.9 Å². The molecule has 108 valence electrons. The van der Waals surface area contributed by atoms with Crippen molar-refractivity contribution in [2.24, 2.45) is 5.41 Å². The molecule has 0 aliphatic carbocycles. The summed E-state index contributed by atoms with van der Waals surface area (Å²) in [4.78, 5) is 22.2. The third-order valence-electron chi connectivity index (χ3n) is 2.51. The molecule has 0 aliphatic heterocycles. The largest absolute Gasteiger partial charge is 0.327 e. The number of nitro groups is 1. The first kappa shape index (κ1) is 16.0. The van der Waals surface area contributed by atoms with Gasteiger partial charge >= 0.3 is 0 Å². The van der Waals surface area contributed by atoms with Crippen molar-refractivity contribution in [2.45, 2.75) is 27.7 Å². The number of rotatable bonds is 2. The predicted octanol–water partition coefficient (Wildman–Crippen LogP) is 2.76. The number of carbonyl (C=O) groups excluding carboxylic acids is 1. The number of anilines is 1. The number of hydrogen-bond acceptors (Lipinski definition) is 4. The quantitative estimate of drug-likeness (QED) is 0.498. The normalized spacial score (nSPS) is 10.8. The summed E-state index contributed by atoms with van der Waals surface area (Å²) in [6.07, 6.45) is 0. The van der Waals surface area contributed by atoms with Gasteiger partial charge in [0.05, 0.1) is 4.92 Å². The van der Waals surface area contributed by atoms with Crippen LogP contribution in [0.1, 0.15) is 26.3 Å². The van der Waals surface area contributed by atoms with Gasteiger partial charge in [0.2, 0.25) is 5.91 Å². The molecule has 1 amide bonds. The number of amides is 1. The van der Waals surface area contributed by atoms with Crippen LogP contribution in [0.2, 0.25) is 0 Å². The Kier molecular flexibility index (Phi) is 4.78. The molecule has 1 aromatic carbocycles. The molecule has 0 saturated heterocycles. The average Bonchev–Trinajstić information content (AvgIpc) is 2.29. The molecule has 0 atom stereocenters. The maximum absolute atomic E-state index is 11.8. The average molecular weight is 295 g/mol. The molecule has 0 spiro atoms. The molecule has 0 unspecified atom stereocenters. The second-order valence-electron chi connectivity index (χ2n) is 5.44. The predicted molar refractivity (Wildman–Crippen MR) is 81.7 cm³/mol. The molecule has 7 heteroatoms. The van der Waals surface area contributed by atoms with Crippen LogP contribution in [0.25, 0.3) is 0 Å². The third kappa shape index (κ3) is 4.27. The van der Waals surface area contributed by atoms with Gasteiger partial charge in [-0.2, -0.15) is 0 Å². The lowest BCUT2D eigenvalue weighted by molar-refractivity contribution is -0.383. The van der Waals surface area contributed by atoms with Crippen LogP contribution in [0.15, 0.2) is 18.2 Å². The molecular formula is C13H17N3O3S. The smallest absolute Gasteiger partial charge is 0.292 e. The summed E-state index contributed by atoms with van der Waals surface area (Å²) in [5.41, 5.74) is 0.342. The van der Waals surface area contributed by atoms with E-state index in [4.69, 9.17) is 12.2 Å². The summed E-state index contributed by atoms with van der Waals surface area (Å²) in [5.74, 6) is -0.259. The van der Waals surface area contributed by atoms with Gasteiger partial charge in [0.25, 0.3) is 5.69 Å². The van der Waals surface area contributed by atoms with Crippen LogP contribution in [0.3, 0.4) is 0 Å². The summed E-state index contributed by atoms with van der Waals surface area (Å²) >= 11 is 4.99. The molecule has 0 fully saturated rings. The number of hydrogen-bond donors (Lipinski definition) is 2. The number of thiocarbonyl (C=S) groups is 1. The molecule has 0 aromatic heterocycles. The summed E-state index contributed by atoms with van der Waals surface area (Å²) in [5, 5.41) is 16.2. The zero-order valence-electron chi connectivity index (χ0n) is 11.8. The molecule has 1 rings (SSSR count). The molecule has 0 radical (unpaired) electrons. The highest BCUT2D eigenvalue weighted by Crippen LogP contribution is 2.25. The molecule has 20 heavy (non-hydrogen) atoms. The summed E-state index contributed by atoms with van der Waals surface area (Å²) in [7, 11) is 0. The molecule has 0 saturated carbocycles. The van der Waals surface area contributed by atoms with E-state index in [0.717, 1.165) is 5.56 Å². The maximum Gasteiger partial charge on any atom is 0.292 e.